The van der Waals surface area contributed by atoms with Gasteiger partial charge in [-0.1, -0.05) is 17.7 Å². The highest BCUT2D eigenvalue weighted by atomic mass is 35.5. The van der Waals surface area contributed by atoms with Crippen molar-refractivity contribution in [2.24, 2.45) is 0 Å². The molecule has 1 aliphatic rings. The third-order valence-corrected chi connectivity index (χ3v) is 3.60. The summed E-state index contributed by atoms with van der Waals surface area (Å²) < 4.78 is 13.5. The molecule has 1 heterocycles. The average Bonchev–Trinajstić information content (AvgIpc) is 2.25. The number of benzene rings is 1. The van der Waals surface area contributed by atoms with Gasteiger partial charge in [-0.2, -0.15) is 0 Å². The second kappa shape index (κ2) is 5.35. The van der Waals surface area contributed by atoms with E-state index in [0.717, 1.165) is 25.9 Å². The number of likely N-dealkylation sites (tertiary alicyclic amines) is 1. The van der Waals surface area contributed by atoms with Crippen LogP contribution in [-0.4, -0.2) is 23.4 Å². The van der Waals surface area contributed by atoms with Crippen LogP contribution in [0.4, 0.5) is 4.39 Å². The molecular formula is C12H14Cl2FN. The van der Waals surface area contributed by atoms with E-state index < -0.39 is 0 Å². The Labute approximate surface area is 105 Å². The summed E-state index contributed by atoms with van der Waals surface area (Å²) in [6.45, 7) is 2.53. The van der Waals surface area contributed by atoms with E-state index in [9.17, 15) is 4.39 Å². The number of piperidine rings is 1. The van der Waals surface area contributed by atoms with Crippen LogP contribution in [0.25, 0.3) is 0 Å². The van der Waals surface area contributed by atoms with E-state index in [1.807, 2.05) is 0 Å². The first kappa shape index (κ1) is 12.2. The van der Waals surface area contributed by atoms with E-state index in [-0.39, 0.29) is 11.2 Å². The first-order valence-electron chi connectivity index (χ1n) is 5.45. The predicted molar refractivity (Wildman–Crippen MR) is 65.6 cm³/mol. The van der Waals surface area contributed by atoms with Crippen molar-refractivity contribution in [3.8, 4) is 0 Å². The summed E-state index contributed by atoms with van der Waals surface area (Å²) in [6.07, 6.45) is 1.97. The fourth-order valence-electron chi connectivity index (χ4n) is 1.95. The highest BCUT2D eigenvalue weighted by Gasteiger charge is 2.18. The molecule has 0 spiro atoms. The summed E-state index contributed by atoms with van der Waals surface area (Å²) in [5, 5.41) is 0.729. The number of halogens is 3. The lowest BCUT2D eigenvalue weighted by Crippen LogP contribution is -2.33. The Morgan fingerprint density at radius 2 is 2.00 bits per heavy atom. The monoisotopic (exact) mass is 261 g/mol. The van der Waals surface area contributed by atoms with Crippen molar-refractivity contribution < 1.29 is 4.39 Å². The number of hydrogen-bond acceptors (Lipinski definition) is 1. The predicted octanol–water partition coefficient (Wildman–Crippen LogP) is 3.68. The van der Waals surface area contributed by atoms with Gasteiger partial charge >= 0.3 is 0 Å². The molecule has 88 valence electrons. The molecule has 0 N–H and O–H groups in total. The standard InChI is InChI=1S/C12H14Cl2FN/c13-10-3-5-16(6-4-10)8-9-1-2-11(14)7-12(9)15/h1-2,7,10H,3-6,8H2. The van der Waals surface area contributed by atoms with Crippen molar-refractivity contribution in [3.63, 3.8) is 0 Å². The zero-order valence-corrected chi connectivity index (χ0v) is 10.4. The lowest BCUT2D eigenvalue weighted by molar-refractivity contribution is 0.220. The summed E-state index contributed by atoms with van der Waals surface area (Å²) >= 11 is 11.7. The molecule has 1 aromatic carbocycles. The summed E-state index contributed by atoms with van der Waals surface area (Å²) in [7, 11) is 0. The number of hydrogen-bond donors (Lipinski definition) is 0. The van der Waals surface area contributed by atoms with Crippen molar-refractivity contribution in [3.05, 3.63) is 34.6 Å². The van der Waals surface area contributed by atoms with Crippen molar-refractivity contribution >= 4 is 23.2 Å². The van der Waals surface area contributed by atoms with Crippen LogP contribution in [0.15, 0.2) is 18.2 Å². The summed E-state index contributed by atoms with van der Waals surface area (Å²) in [5.41, 5.74) is 0.706. The smallest absolute Gasteiger partial charge is 0.129 e. The molecular weight excluding hydrogens is 248 g/mol. The lowest BCUT2D eigenvalue weighted by atomic mass is 10.1. The number of rotatable bonds is 2. The molecule has 0 amide bonds. The fraction of sp³-hybridized carbons (Fsp3) is 0.500. The zero-order chi connectivity index (χ0) is 11.5. The van der Waals surface area contributed by atoms with Crippen LogP contribution in [0.2, 0.25) is 5.02 Å². The average molecular weight is 262 g/mol. The van der Waals surface area contributed by atoms with Crippen LogP contribution in [0.1, 0.15) is 18.4 Å². The Bertz CT molecular complexity index is 362. The van der Waals surface area contributed by atoms with Crippen LogP contribution < -0.4 is 0 Å². The molecule has 0 aliphatic carbocycles. The Morgan fingerprint density at radius 3 is 2.62 bits per heavy atom. The van der Waals surface area contributed by atoms with Crippen LogP contribution in [0.5, 0.6) is 0 Å². The van der Waals surface area contributed by atoms with Gasteiger partial charge in [0.05, 0.1) is 0 Å². The van der Waals surface area contributed by atoms with E-state index in [1.165, 1.54) is 6.07 Å². The summed E-state index contributed by atoms with van der Waals surface area (Å²) in [5.74, 6) is -0.222. The molecule has 0 radical (unpaired) electrons. The molecule has 0 bridgehead atoms. The van der Waals surface area contributed by atoms with E-state index in [1.54, 1.807) is 12.1 Å². The minimum absolute atomic E-state index is 0.222. The molecule has 0 unspecified atom stereocenters. The van der Waals surface area contributed by atoms with Crippen LogP contribution in [0, 0.1) is 5.82 Å². The first-order chi connectivity index (χ1) is 7.65. The molecule has 1 nitrogen and oxygen atoms in total. The van der Waals surface area contributed by atoms with Gasteiger partial charge in [0.2, 0.25) is 0 Å². The Balaban J connectivity index is 1.98. The number of nitrogens with zero attached hydrogens (tertiary/aromatic N) is 1. The largest absolute Gasteiger partial charge is 0.299 e. The molecule has 1 fully saturated rings. The quantitative estimate of drug-likeness (QED) is 0.735. The topological polar surface area (TPSA) is 3.24 Å². The van der Waals surface area contributed by atoms with Gasteiger partial charge in [0.1, 0.15) is 5.82 Å². The van der Waals surface area contributed by atoms with Crippen molar-refractivity contribution in [2.45, 2.75) is 24.8 Å². The van der Waals surface area contributed by atoms with E-state index >= 15 is 0 Å². The van der Waals surface area contributed by atoms with Crippen LogP contribution in [-0.2, 0) is 6.54 Å². The Hall–Kier alpha value is -0.310. The van der Waals surface area contributed by atoms with Crippen molar-refractivity contribution in [2.75, 3.05) is 13.1 Å². The molecule has 0 aromatic heterocycles. The third kappa shape index (κ3) is 3.09. The first-order valence-corrected chi connectivity index (χ1v) is 6.27. The Morgan fingerprint density at radius 1 is 1.31 bits per heavy atom. The fourth-order valence-corrected chi connectivity index (χ4v) is 2.30. The van der Waals surface area contributed by atoms with Gasteiger partial charge in [0, 0.05) is 22.5 Å². The van der Waals surface area contributed by atoms with Gasteiger partial charge in [-0.15, -0.1) is 11.6 Å². The molecule has 1 saturated heterocycles. The minimum Gasteiger partial charge on any atom is -0.299 e. The third-order valence-electron chi connectivity index (χ3n) is 2.93. The summed E-state index contributed by atoms with van der Waals surface area (Å²) in [4.78, 5) is 2.23. The lowest BCUT2D eigenvalue weighted by Gasteiger charge is -2.29. The van der Waals surface area contributed by atoms with Gasteiger partial charge < -0.3 is 0 Å². The molecule has 4 heteroatoms. The van der Waals surface area contributed by atoms with Gasteiger partial charge in [-0.05, 0) is 38.1 Å². The summed E-state index contributed by atoms with van der Waals surface area (Å²) in [6, 6.07) is 4.85. The van der Waals surface area contributed by atoms with Crippen LogP contribution >= 0.6 is 23.2 Å². The van der Waals surface area contributed by atoms with E-state index in [4.69, 9.17) is 23.2 Å². The maximum Gasteiger partial charge on any atom is 0.129 e. The van der Waals surface area contributed by atoms with Crippen molar-refractivity contribution in [1.29, 1.82) is 0 Å². The second-order valence-electron chi connectivity index (χ2n) is 4.19. The molecule has 0 saturated carbocycles. The van der Waals surface area contributed by atoms with Gasteiger partial charge in [0.25, 0.3) is 0 Å². The second-order valence-corrected chi connectivity index (χ2v) is 5.24. The molecule has 2 rings (SSSR count). The normalized spacial score (nSPS) is 18.9. The van der Waals surface area contributed by atoms with Gasteiger partial charge in [0.15, 0.2) is 0 Å². The maximum absolute atomic E-state index is 13.5. The van der Waals surface area contributed by atoms with Crippen molar-refractivity contribution in [1.82, 2.24) is 4.90 Å². The van der Waals surface area contributed by atoms with Gasteiger partial charge in [-0.3, -0.25) is 4.90 Å². The minimum atomic E-state index is -0.222. The van der Waals surface area contributed by atoms with E-state index in [0.29, 0.717) is 17.1 Å². The molecule has 1 aliphatic heterocycles. The maximum atomic E-state index is 13.5. The SMILES string of the molecule is Fc1cc(Cl)ccc1CN1CCC(Cl)CC1. The molecule has 1 aromatic rings. The highest BCUT2D eigenvalue weighted by molar-refractivity contribution is 6.30. The van der Waals surface area contributed by atoms with E-state index in [2.05, 4.69) is 4.90 Å². The van der Waals surface area contributed by atoms with Crippen LogP contribution in [0.3, 0.4) is 0 Å². The highest BCUT2D eigenvalue weighted by Crippen LogP contribution is 2.20. The molecule has 16 heavy (non-hydrogen) atoms. The van der Waals surface area contributed by atoms with Gasteiger partial charge in [-0.25, -0.2) is 4.39 Å². The number of alkyl halides is 1. The Kier molecular flexibility index (Phi) is 4.06. The molecule has 0 atom stereocenters. The zero-order valence-electron chi connectivity index (χ0n) is 8.93.